The van der Waals surface area contributed by atoms with Gasteiger partial charge in [-0.15, -0.1) is 0 Å². The Balaban J connectivity index is 1.50. The second-order valence-corrected chi connectivity index (χ2v) is 8.90. The van der Waals surface area contributed by atoms with Gasteiger partial charge in [-0.2, -0.15) is 0 Å². The minimum absolute atomic E-state index is 0.0167. The lowest BCUT2D eigenvalue weighted by molar-refractivity contribution is 0.0692. The van der Waals surface area contributed by atoms with Gasteiger partial charge in [0.25, 0.3) is 5.91 Å². The van der Waals surface area contributed by atoms with Crippen LogP contribution in [0.1, 0.15) is 54.0 Å². The molecule has 1 aromatic heterocycles. The number of aromatic carboxylic acids is 2. The van der Waals surface area contributed by atoms with E-state index in [1.54, 1.807) is 43.3 Å². The highest BCUT2D eigenvalue weighted by atomic mass is 16.5. The summed E-state index contributed by atoms with van der Waals surface area (Å²) in [6.45, 7) is 1.99. The van der Waals surface area contributed by atoms with Gasteiger partial charge < -0.3 is 30.9 Å². The molecule has 0 saturated carbocycles. The van der Waals surface area contributed by atoms with Gasteiger partial charge in [-0.25, -0.2) is 19.4 Å². The number of carbonyl (C=O) groups excluding carboxylic acids is 2. The van der Waals surface area contributed by atoms with E-state index in [1.165, 1.54) is 35.2 Å². The monoisotopic (exact) mass is 555 g/mol. The fourth-order valence-electron chi connectivity index (χ4n) is 4.04. The van der Waals surface area contributed by atoms with Crippen molar-refractivity contribution in [2.24, 2.45) is 5.73 Å². The molecule has 12 heteroatoms. The van der Waals surface area contributed by atoms with Crippen LogP contribution in [0, 0.1) is 5.41 Å². The summed E-state index contributed by atoms with van der Waals surface area (Å²) in [7, 11) is 0. The summed E-state index contributed by atoms with van der Waals surface area (Å²) in [5.74, 6) is -3.51. The van der Waals surface area contributed by atoms with E-state index in [-0.39, 0.29) is 41.6 Å². The molecule has 0 radical (unpaired) electrons. The third-order valence-electron chi connectivity index (χ3n) is 6.02. The molecule has 0 saturated heterocycles. The number of nitrogens with zero attached hydrogens (tertiary/aromatic N) is 2. The number of aromatic nitrogens is 1. The zero-order valence-electron chi connectivity index (χ0n) is 21.7. The van der Waals surface area contributed by atoms with E-state index in [2.05, 4.69) is 10.3 Å². The standard InChI is InChI=1S/C29H25N5O7/c1-2-34(15-16-11-19(26(36)37)13-20(12-16)27(38)39)25(35)24-9-5-18-14-22(8-10-23(18)33-24)41-28(40)17-3-6-21(7-4-17)32-29(30)31/h3-14H,2,15H2,1H3,(H,36,37)(H,38,39)(H4,30,31,32). The molecule has 208 valence electrons. The summed E-state index contributed by atoms with van der Waals surface area (Å²) in [6, 6.07) is 17.9. The maximum atomic E-state index is 13.3. The van der Waals surface area contributed by atoms with Crippen LogP contribution in [0.4, 0.5) is 5.69 Å². The number of nitrogens with one attached hydrogen (secondary N) is 2. The number of amides is 1. The molecule has 0 atom stereocenters. The molecule has 3 aromatic carbocycles. The summed E-state index contributed by atoms with van der Waals surface area (Å²) in [5, 5.41) is 29.2. The van der Waals surface area contributed by atoms with Crippen molar-refractivity contribution in [2.75, 3.05) is 11.9 Å². The average molecular weight is 556 g/mol. The van der Waals surface area contributed by atoms with Crippen molar-refractivity contribution in [1.29, 1.82) is 5.41 Å². The Morgan fingerprint density at radius 2 is 1.56 bits per heavy atom. The van der Waals surface area contributed by atoms with Crippen LogP contribution in [0.15, 0.2) is 72.8 Å². The van der Waals surface area contributed by atoms with Crippen LogP contribution >= 0.6 is 0 Å². The lowest BCUT2D eigenvalue weighted by Crippen LogP contribution is -2.31. The number of benzene rings is 3. The number of guanidine groups is 1. The predicted molar refractivity (Wildman–Crippen MR) is 149 cm³/mol. The van der Waals surface area contributed by atoms with E-state index < -0.39 is 23.8 Å². The zero-order chi connectivity index (χ0) is 29.7. The highest BCUT2D eigenvalue weighted by molar-refractivity contribution is 5.97. The molecular formula is C29H25N5O7. The van der Waals surface area contributed by atoms with E-state index in [0.29, 0.717) is 27.7 Å². The van der Waals surface area contributed by atoms with E-state index in [1.807, 2.05) is 0 Å². The van der Waals surface area contributed by atoms with E-state index in [4.69, 9.17) is 15.9 Å². The Hall–Kier alpha value is -5.78. The SMILES string of the molecule is CCN(Cc1cc(C(=O)O)cc(C(=O)O)c1)C(=O)c1ccc2cc(OC(=O)c3ccc(NC(=N)N)cc3)ccc2n1. The molecular weight excluding hydrogens is 530 g/mol. The van der Waals surface area contributed by atoms with Gasteiger partial charge in [-0.05, 0) is 79.2 Å². The number of carboxylic acid groups (broad SMARTS) is 2. The number of nitrogens with two attached hydrogens (primary N) is 1. The molecule has 0 fully saturated rings. The normalized spacial score (nSPS) is 10.6. The zero-order valence-corrected chi connectivity index (χ0v) is 21.7. The molecule has 12 nitrogen and oxygen atoms in total. The van der Waals surface area contributed by atoms with E-state index >= 15 is 0 Å². The Morgan fingerprint density at radius 1 is 0.902 bits per heavy atom. The van der Waals surface area contributed by atoms with Gasteiger partial charge in [-0.1, -0.05) is 6.07 Å². The van der Waals surface area contributed by atoms with Crippen LogP contribution in [0.3, 0.4) is 0 Å². The number of pyridine rings is 1. The lowest BCUT2D eigenvalue weighted by Gasteiger charge is -2.21. The number of hydrogen-bond acceptors (Lipinski definition) is 7. The fraction of sp³-hybridized carbons (Fsp3) is 0.103. The van der Waals surface area contributed by atoms with Crippen molar-refractivity contribution in [3.05, 3.63) is 101 Å². The first-order valence-electron chi connectivity index (χ1n) is 12.3. The Labute approximate surface area is 233 Å². The minimum atomic E-state index is -1.27. The van der Waals surface area contributed by atoms with Crippen molar-refractivity contribution >= 4 is 46.4 Å². The summed E-state index contributed by atoms with van der Waals surface area (Å²) in [6.07, 6.45) is 0. The maximum absolute atomic E-state index is 13.3. The largest absolute Gasteiger partial charge is 0.478 e. The van der Waals surface area contributed by atoms with E-state index in [0.717, 1.165) is 6.07 Å². The smallest absolute Gasteiger partial charge is 0.343 e. The molecule has 0 bridgehead atoms. The molecule has 1 heterocycles. The van der Waals surface area contributed by atoms with Crippen molar-refractivity contribution in [3.8, 4) is 5.75 Å². The molecule has 4 rings (SSSR count). The Kier molecular flexibility index (Phi) is 8.23. The highest BCUT2D eigenvalue weighted by Gasteiger charge is 2.19. The first-order valence-corrected chi connectivity index (χ1v) is 12.3. The molecule has 6 N–H and O–H groups in total. The molecule has 4 aromatic rings. The number of rotatable bonds is 9. The topological polar surface area (TPSA) is 196 Å². The van der Waals surface area contributed by atoms with Crippen LogP contribution in [0.2, 0.25) is 0 Å². The van der Waals surface area contributed by atoms with Gasteiger partial charge in [0, 0.05) is 24.2 Å². The third-order valence-corrected chi connectivity index (χ3v) is 6.02. The first-order chi connectivity index (χ1) is 19.5. The van der Waals surface area contributed by atoms with Crippen LogP contribution < -0.4 is 15.8 Å². The van der Waals surface area contributed by atoms with Gasteiger partial charge in [0.05, 0.1) is 22.2 Å². The van der Waals surface area contributed by atoms with Gasteiger partial charge in [0.2, 0.25) is 0 Å². The second-order valence-electron chi connectivity index (χ2n) is 8.90. The van der Waals surface area contributed by atoms with E-state index in [9.17, 15) is 29.4 Å². The summed E-state index contributed by atoms with van der Waals surface area (Å²) < 4.78 is 5.47. The molecule has 0 aliphatic carbocycles. The molecule has 0 spiro atoms. The highest BCUT2D eigenvalue weighted by Crippen LogP contribution is 2.22. The molecule has 1 amide bonds. The number of carbonyl (C=O) groups is 4. The number of fused-ring (bicyclic) bond motifs is 1. The van der Waals surface area contributed by atoms with Crippen LogP contribution in [0.25, 0.3) is 10.9 Å². The van der Waals surface area contributed by atoms with Crippen molar-refractivity contribution in [2.45, 2.75) is 13.5 Å². The number of carboxylic acids is 2. The number of hydrogen-bond donors (Lipinski definition) is 5. The van der Waals surface area contributed by atoms with Crippen molar-refractivity contribution in [1.82, 2.24) is 9.88 Å². The molecule has 0 unspecified atom stereocenters. The minimum Gasteiger partial charge on any atom is -0.478 e. The molecule has 0 aliphatic rings. The van der Waals surface area contributed by atoms with Crippen LogP contribution in [0.5, 0.6) is 5.75 Å². The average Bonchev–Trinajstić information content (AvgIpc) is 2.95. The summed E-state index contributed by atoms with van der Waals surface area (Å²) in [4.78, 5) is 54.6. The lowest BCUT2D eigenvalue weighted by atomic mass is 10.0. The van der Waals surface area contributed by atoms with Gasteiger partial charge in [0.1, 0.15) is 11.4 Å². The fourth-order valence-corrected chi connectivity index (χ4v) is 4.04. The maximum Gasteiger partial charge on any atom is 0.343 e. The van der Waals surface area contributed by atoms with Crippen LogP contribution in [-0.4, -0.2) is 56.4 Å². The van der Waals surface area contributed by atoms with Gasteiger partial charge >= 0.3 is 17.9 Å². The number of anilines is 1. The van der Waals surface area contributed by atoms with Crippen molar-refractivity contribution in [3.63, 3.8) is 0 Å². The molecule has 0 aliphatic heterocycles. The summed E-state index contributed by atoms with van der Waals surface area (Å²) in [5.41, 5.74) is 6.73. The van der Waals surface area contributed by atoms with Gasteiger partial charge in [-0.3, -0.25) is 10.2 Å². The third kappa shape index (κ3) is 6.81. The van der Waals surface area contributed by atoms with Gasteiger partial charge in [0.15, 0.2) is 5.96 Å². The Morgan fingerprint density at radius 3 is 2.15 bits per heavy atom. The molecule has 41 heavy (non-hydrogen) atoms. The summed E-state index contributed by atoms with van der Waals surface area (Å²) >= 11 is 0. The van der Waals surface area contributed by atoms with Crippen LogP contribution in [-0.2, 0) is 6.54 Å². The number of ether oxygens (including phenoxy) is 1. The second kappa shape index (κ2) is 11.9. The Bertz CT molecular complexity index is 1650. The predicted octanol–water partition coefficient (Wildman–Crippen LogP) is 3.82. The first kappa shape index (κ1) is 28.2. The quantitative estimate of drug-likeness (QED) is 0.0876. The number of esters is 1. The van der Waals surface area contributed by atoms with Crippen molar-refractivity contribution < 1.29 is 34.1 Å².